The first kappa shape index (κ1) is 16.8. The van der Waals surface area contributed by atoms with Crippen LogP contribution in [0.4, 0.5) is 11.6 Å². The van der Waals surface area contributed by atoms with E-state index >= 15 is 0 Å². The third kappa shape index (κ3) is 2.89. The number of nitriles is 1. The van der Waals surface area contributed by atoms with Crippen molar-refractivity contribution in [3.63, 3.8) is 0 Å². The van der Waals surface area contributed by atoms with Crippen LogP contribution in [0.3, 0.4) is 0 Å². The largest absolute Gasteiger partial charge is 0.290 e. The van der Waals surface area contributed by atoms with E-state index in [0.717, 1.165) is 35.0 Å². The predicted octanol–water partition coefficient (Wildman–Crippen LogP) is 0.929. The van der Waals surface area contributed by atoms with E-state index in [0.29, 0.717) is 6.54 Å². The Morgan fingerprint density at radius 1 is 1.29 bits per heavy atom. The number of anilines is 1. The van der Waals surface area contributed by atoms with Crippen LogP contribution in [-0.4, -0.2) is 29.5 Å². The number of nitrogens with two attached hydrogens (primary N) is 1. The molecule has 1 aliphatic heterocycles. The van der Waals surface area contributed by atoms with E-state index in [1.165, 1.54) is 9.58 Å². The van der Waals surface area contributed by atoms with Gasteiger partial charge in [-0.15, -0.1) is 11.3 Å². The number of aryl methyl sites for hydroxylation is 1. The van der Waals surface area contributed by atoms with Crippen molar-refractivity contribution >= 4 is 33.2 Å². The van der Waals surface area contributed by atoms with Crippen molar-refractivity contribution < 1.29 is 5.43 Å². The van der Waals surface area contributed by atoms with Crippen LogP contribution in [0.5, 0.6) is 0 Å². The summed E-state index contributed by atoms with van der Waals surface area (Å²) in [5.41, 5.74) is 7.66. The predicted molar refractivity (Wildman–Crippen MR) is 103 cm³/mol. The van der Waals surface area contributed by atoms with Gasteiger partial charge >= 0.3 is 0 Å². The molecule has 140 valence electrons. The Morgan fingerprint density at radius 2 is 2.21 bits per heavy atom. The summed E-state index contributed by atoms with van der Waals surface area (Å²) in [5.74, 6) is 1.57. The summed E-state index contributed by atoms with van der Waals surface area (Å²) < 4.78 is 4.72. The minimum atomic E-state index is 0.209. The van der Waals surface area contributed by atoms with Gasteiger partial charge in [-0.05, 0) is 13.0 Å². The highest BCUT2D eigenvalue weighted by molar-refractivity contribution is 7.19. The van der Waals surface area contributed by atoms with E-state index in [-0.39, 0.29) is 6.54 Å². The molecule has 28 heavy (non-hydrogen) atoms. The standard InChI is InChI=1S/C17H16N10S/c1-2-25-10-15-13(23-25)5-12(28-15)9-27-17-16(22-24-27)19-7-14(21-17)11-6-20-26(8-11)4-3-18/h5-8,10,24H,2,4,9H2,1H3,(H,19,22)/p+1. The number of nitrogens with one attached hydrogen (secondary N) is 1. The lowest BCUT2D eigenvalue weighted by molar-refractivity contribution is -0.629. The first-order valence-electron chi connectivity index (χ1n) is 8.83. The molecule has 0 saturated carbocycles. The van der Waals surface area contributed by atoms with Gasteiger partial charge in [0, 0.05) is 29.4 Å². The summed E-state index contributed by atoms with van der Waals surface area (Å²) in [6.07, 6.45) is 7.31. The second-order valence-electron chi connectivity index (χ2n) is 6.36. The van der Waals surface area contributed by atoms with Gasteiger partial charge in [0.15, 0.2) is 0 Å². The van der Waals surface area contributed by atoms with Gasteiger partial charge in [0.1, 0.15) is 12.1 Å². The number of nitrogens with zero attached hydrogens (tertiary/aromatic N) is 8. The fourth-order valence-corrected chi connectivity index (χ4v) is 4.14. The van der Waals surface area contributed by atoms with Gasteiger partial charge in [-0.25, -0.2) is 9.99 Å². The maximum Gasteiger partial charge on any atom is 0.290 e. The molecule has 10 nitrogen and oxygen atoms in total. The van der Waals surface area contributed by atoms with Gasteiger partial charge in [0.2, 0.25) is 5.82 Å². The molecule has 5 heterocycles. The molecule has 0 aromatic carbocycles. The van der Waals surface area contributed by atoms with Crippen LogP contribution in [0, 0.1) is 11.3 Å². The van der Waals surface area contributed by atoms with Gasteiger partial charge in [0.05, 0.1) is 35.4 Å². The summed E-state index contributed by atoms with van der Waals surface area (Å²) in [7, 11) is 0. The molecule has 5 rings (SSSR count). The summed E-state index contributed by atoms with van der Waals surface area (Å²) >= 11 is 1.73. The number of hydrogen-bond donors (Lipinski definition) is 2. The number of hydrogen-bond acceptors (Lipinski definition) is 8. The van der Waals surface area contributed by atoms with Crippen molar-refractivity contribution in [1.29, 1.82) is 5.26 Å². The SMILES string of the molecule is CCn1cc2sc(CN3N[NH2+]c4ncc(-c5cnn(CC#N)c5)nc43)cc2n1. The first-order valence-corrected chi connectivity index (χ1v) is 9.65. The molecule has 1 aliphatic rings. The zero-order valence-corrected chi connectivity index (χ0v) is 15.9. The van der Waals surface area contributed by atoms with E-state index in [2.05, 4.69) is 46.0 Å². The molecule has 4 aromatic rings. The van der Waals surface area contributed by atoms with Crippen molar-refractivity contribution in [2.45, 2.75) is 26.6 Å². The van der Waals surface area contributed by atoms with Crippen molar-refractivity contribution in [3.05, 3.63) is 35.7 Å². The molecule has 4 aromatic heterocycles. The van der Waals surface area contributed by atoms with Crippen LogP contribution in [0.1, 0.15) is 11.8 Å². The van der Waals surface area contributed by atoms with Gasteiger partial charge in [-0.3, -0.25) is 9.36 Å². The zero-order valence-electron chi connectivity index (χ0n) is 15.1. The lowest BCUT2D eigenvalue weighted by atomic mass is 10.2. The third-order valence-corrected chi connectivity index (χ3v) is 5.53. The van der Waals surface area contributed by atoms with E-state index in [1.807, 2.05) is 15.1 Å². The molecular weight excluding hydrogens is 376 g/mol. The molecule has 0 atom stereocenters. The second kappa shape index (κ2) is 6.68. The van der Waals surface area contributed by atoms with Crippen LogP contribution in [-0.2, 0) is 19.6 Å². The Hall–Kier alpha value is -3.33. The van der Waals surface area contributed by atoms with Crippen molar-refractivity contribution in [1.82, 2.24) is 35.1 Å². The molecule has 0 aliphatic carbocycles. The molecule has 0 unspecified atom stereocenters. The monoisotopic (exact) mass is 393 g/mol. The highest BCUT2D eigenvalue weighted by Crippen LogP contribution is 2.29. The number of aromatic nitrogens is 6. The van der Waals surface area contributed by atoms with E-state index in [9.17, 15) is 0 Å². The fourth-order valence-electron chi connectivity index (χ4n) is 3.12. The molecule has 0 bridgehead atoms. The maximum atomic E-state index is 8.80. The summed E-state index contributed by atoms with van der Waals surface area (Å²) in [5, 5.41) is 19.5. The Bertz CT molecular complexity index is 1160. The summed E-state index contributed by atoms with van der Waals surface area (Å²) in [6.45, 7) is 3.83. The van der Waals surface area contributed by atoms with Gasteiger partial charge in [-0.1, -0.05) is 5.53 Å². The summed E-state index contributed by atoms with van der Waals surface area (Å²) in [6, 6.07) is 4.20. The normalized spacial score (nSPS) is 13.2. The van der Waals surface area contributed by atoms with Gasteiger partial charge in [-0.2, -0.15) is 25.9 Å². The van der Waals surface area contributed by atoms with Gasteiger partial charge in [0.25, 0.3) is 5.82 Å². The smallest absolute Gasteiger partial charge is 0.271 e. The van der Waals surface area contributed by atoms with Crippen molar-refractivity contribution in [2.24, 2.45) is 0 Å². The second-order valence-corrected chi connectivity index (χ2v) is 7.52. The lowest BCUT2D eigenvalue weighted by Gasteiger charge is -2.12. The van der Waals surface area contributed by atoms with Crippen LogP contribution >= 0.6 is 11.3 Å². The molecular formula is C17H17N10S+. The average Bonchev–Trinajstić information content (AvgIpc) is 3.45. The molecule has 0 amide bonds. The number of thiophene rings is 1. The molecule has 0 saturated heterocycles. The molecule has 11 heteroatoms. The zero-order chi connectivity index (χ0) is 19.1. The molecule has 0 radical (unpaired) electrons. The van der Waals surface area contributed by atoms with Crippen LogP contribution < -0.4 is 16.0 Å². The van der Waals surface area contributed by atoms with Gasteiger partial charge < -0.3 is 0 Å². The van der Waals surface area contributed by atoms with Crippen LogP contribution in [0.15, 0.2) is 30.9 Å². The van der Waals surface area contributed by atoms with E-state index in [1.54, 1.807) is 34.6 Å². The highest BCUT2D eigenvalue weighted by atomic mass is 32.1. The summed E-state index contributed by atoms with van der Waals surface area (Å²) in [4.78, 5) is 10.5. The Kier molecular flexibility index (Phi) is 4.01. The highest BCUT2D eigenvalue weighted by Gasteiger charge is 2.28. The molecule has 0 spiro atoms. The molecule has 3 N–H and O–H groups in total. The Morgan fingerprint density at radius 3 is 3.04 bits per heavy atom. The van der Waals surface area contributed by atoms with Crippen LogP contribution in [0.25, 0.3) is 21.5 Å². The lowest BCUT2D eigenvalue weighted by Crippen LogP contribution is -2.88. The third-order valence-electron chi connectivity index (χ3n) is 4.49. The molecule has 0 fully saturated rings. The number of rotatable bonds is 5. The average molecular weight is 393 g/mol. The Balaban J connectivity index is 1.40. The minimum Gasteiger partial charge on any atom is -0.271 e. The Labute approximate surface area is 164 Å². The van der Waals surface area contributed by atoms with E-state index < -0.39 is 0 Å². The van der Waals surface area contributed by atoms with Crippen LogP contribution in [0.2, 0.25) is 0 Å². The van der Waals surface area contributed by atoms with Crippen molar-refractivity contribution in [3.8, 4) is 17.3 Å². The number of hydrazine groups is 1. The maximum absolute atomic E-state index is 8.80. The fraction of sp³-hybridized carbons (Fsp3) is 0.235. The number of quaternary nitrogens is 1. The van der Waals surface area contributed by atoms with Crippen molar-refractivity contribution in [2.75, 3.05) is 5.01 Å². The topological polar surface area (TPSA) is 117 Å². The minimum absolute atomic E-state index is 0.209. The first-order chi connectivity index (χ1) is 13.7. The number of fused-ring (bicyclic) bond motifs is 2. The van der Waals surface area contributed by atoms with E-state index in [4.69, 9.17) is 10.2 Å². The quantitative estimate of drug-likeness (QED) is 0.484.